The summed E-state index contributed by atoms with van der Waals surface area (Å²) >= 11 is 0. The first-order chi connectivity index (χ1) is 11.6. The number of amides is 1. The predicted octanol–water partition coefficient (Wildman–Crippen LogP) is 4.14. The molecule has 0 N–H and O–H groups in total. The van der Waals surface area contributed by atoms with E-state index in [1.807, 2.05) is 19.1 Å². The molecule has 2 aliphatic rings. The minimum absolute atomic E-state index is 0.00292. The van der Waals surface area contributed by atoms with Gasteiger partial charge in [-0.15, -0.1) is 0 Å². The number of allylic oxidation sites excluding steroid dienone is 1. The van der Waals surface area contributed by atoms with Crippen molar-refractivity contribution < 1.29 is 9.18 Å². The van der Waals surface area contributed by atoms with Crippen LogP contribution in [0.2, 0.25) is 0 Å². The molecule has 1 aliphatic carbocycles. The Labute approximate surface area is 143 Å². The molecule has 0 radical (unpaired) electrons. The lowest BCUT2D eigenvalue weighted by molar-refractivity contribution is -0.127. The van der Waals surface area contributed by atoms with Crippen LogP contribution in [0.4, 0.5) is 4.39 Å². The van der Waals surface area contributed by atoms with E-state index in [1.165, 1.54) is 31.7 Å². The van der Waals surface area contributed by atoms with Gasteiger partial charge in [-0.05, 0) is 31.4 Å². The minimum Gasteiger partial charge on any atom is -0.334 e. The molecule has 4 heteroatoms. The highest BCUT2D eigenvalue weighted by Crippen LogP contribution is 2.28. The molecule has 0 saturated heterocycles. The van der Waals surface area contributed by atoms with Gasteiger partial charge in [-0.2, -0.15) is 0 Å². The molecule has 1 amide bonds. The van der Waals surface area contributed by atoms with Gasteiger partial charge in [-0.25, -0.2) is 4.39 Å². The van der Waals surface area contributed by atoms with E-state index in [0.29, 0.717) is 31.1 Å². The minimum atomic E-state index is -0.246. The van der Waals surface area contributed by atoms with E-state index in [2.05, 4.69) is 4.99 Å². The fourth-order valence-electron chi connectivity index (χ4n) is 3.61. The summed E-state index contributed by atoms with van der Waals surface area (Å²) in [6, 6.07) is 6.72. The fraction of sp³-hybridized carbons (Fsp3) is 0.500. The van der Waals surface area contributed by atoms with Crippen LogP contribution < -0.4 is 0 Å². The second-order valence-corrected chi connectivity index (χ2v) is 6.88. The first kappa shape index (κ1) is 16.9. The van der Waals surface area contributed by atoms with E-state index in [-0.39, 0.29) is 11.7 Å². The second-order valence-electron chi connectivity index (χ2n) is 6.88. The van der Waals surface area contributed by atoms with Crippen LogP contribution in [0.3, 0.4) is 0 Å². The predicted molar refractivity (Wildman–Crippen MR) is 94.5 cm³/mol. The lowest BCUT2D eigenvalue weighted by Gasteiger charge is -2.25. The smallest absolute Gasteiger partial charge is 0.252 e. The number of nitrogens with zero attached hydrogens (tertiary/aromatic N) is 2. The van der Waals surface area contributed by atoms with Crippen molar-refractivity contribution in [1.29, 1.82) is 0 Å². The van der Waals surface area contributed by atoms with Gasteiger partial charge in [0.2, 0.25) is 0 Å². The normalized spacial score (nSPS) is 17.8. The van der Waals surface area contributed by atoms with Gasteiger partial charge in [0, 0.05) is 29.9 Å². The van der Waals surface area contributed by atoms with Crippen molar-refractivity contribution in [2.45, 2.75) is 45.6 Å². The Morgan fingerprint density at radius 1 is 1.29 bits per heavy atom. The van der Waals surface area contributed by atoms with Crippen molar-refractivity contribution in [1.82, 2.24) is 4.90 Å². The number of rotatable bonds is 6. The number of carbonyl (C=O) groups is 1. The largest absolute Gasteiger partial charge is 0.334 e. The van der Waals surface area contributed by atoms with Crippen molar-refractivity contribution in [3.05, 3.63) is 47.3 Å². The molecule has 0 atom stereocenters. The molecular formula is C20H25FN2O. The average molecular weight is 328 g/mol. The zero-order valence-electron chi connectivity index (χ0n) is 14.3. The van der Waals surface area contributed by atoms with Crippen LogP contribution in [0.5, 0.6) is 0 Å². The summed E-state index contributed by atoms with van der Waals surface area (Å²) in [7, 11) is 0. The number of halogens is 1. The van der Waals surface area contributed by atoms with E-state index < -0.39 is 0 Å². The zero-order valence-corrected chi connectivity index (χ0v) is 14.3. The van der Waals surface area contributed by atoms with E-state index in [0.717, 1.165) is 17.7 Å². The van der Waals surface area contributed by atoms with Gasteiger partial charge in [-0.1, -0.05) is 43.9 Å². The number of hydrogen-bond donors (Lipinski definition) is 0. The van der Waals surface area contributed by atoms with Gasteiger partial charge in [0.05, 0.1) is 6.54 Å². The standard InChI is InChI=1S/C20H25FN2O/c1-15-12-18(13-22-15)20(24)23(11-10-16-6-2-3-7-16)14-17-8-4-5-9-19(17)21/h4-5,8-9,12,16H,2-3,6-7,10-11,13-14H2,1H3. The first-order valence-corrected chi connectivity index (χ1v) is 8.88. The molecule has 128 valence electrons. The molecule has 1 heterocycles. The molecule has 1 fully saturated rings. The van der Waals surface area contributed by atoms with Crippen LogP contribution in [0.15, 0.2) is 40.9 Å². The van der Waals surface area contributed by atoms with Crippen LogP contribution in [0.1, 0.15) is 44.6 Å². The molecule has 1 aromatic rings. The fourth-order valence-corrected chi connectivity index (χ4v) is 3.61. The van der Waals surface area contributed by atoms with Crippen LogP contribution in [0, 0.1) is 11.7 Å². The maximum atomic E-state index is 14.0. The molecule has 1 aromatic carbocycles. The summed E-state index contributed by atoms with van der Waals surface area (Å²) in [6.45, 7) is 3.37. The first-order valence-electron chi connectivity index (χ1n) is 8.88. The summed E-state index contributed by atoms with van der Waals surface area (Å²) in [4.78, 5) is 19.0. The zero-order chi connectivity index (χ0) is 16.9. The number of aliphatic imine (C=N–C) groups is 1. The highest BCUT2D eigenvalue weighted by molar-refractivity contribution is 6.06. The van der Waals surface area contributed by atoms with Gasteiger partial charge >= 0.3 is 0 Å². The van der Waals surface area contributed by atoms with E-state index in [1.54, 1.807) is 17.0 Å². The number of carbonyl (C=O) groups excluding carboxylic acids is 1. The third-order valence-electron chi connectivity index (χ3n) is 5.04. The molecule has 0 spiro atoms. The van der Waals surface area contributed by atoms with Gasteiger partial charge < -0.3 is 4.90 Å². The SMILES string of the molecule is CC1=NCC(C(=O)N(CCC2CCCC2)Cc2ccccc2F)=C1. The topological polar surface area (TPSA) is 32.7 Å². The Kier molecular flexibility index (Phi) is 5.44. The van der Waals surface area contributed by atoms with Crippen LogP contribution in [0.25, 0.3) is 0 Å². The highest BCUT2D eigenvalue weighted by atomic mass is 19.1. The van der Waals surface area contributed by atoms with Crippen LogP contribution in [-0.2, 0) is 11.3 Å². The number of benzene rings is 1. The van der Waals surface area contributed by atoms with Gasteiger partial charge in [0.15, 0.2) is 0 Å². The molecular weight excluding hydrogens is 303 g/mol. The quantitative estimate of drug-likeness (QED) is 0.772. The van der Waals surface area contributed by atoms with Crippen molar-refractivity contribution in [3.63, 3.8) is 0 Å². The van der Waals surface area contributed by atoms with Crippen molar-refractivity contribution >= 4 is 11.6 Å². The van der Waals surface area contributed by atoms with E-state index in [9.17, 15) is 9.18 Å². The van der Waals surface area contributed by atoms with Gasteiger partial charge in [0.25, 0.3) is 5.91 Å². The third kappa shape index (κ3) is 4.11. The van der Waals surface area contributed by atoms with E-state index in [4.69, 9.17) is 0 Å². The number of hydrogen-bond acceptors (Lipinski definition) is 2. The summed E-state index contributed by atoms with van der Waals surface area (Å²) < 4.78 is 14.0. The summed E-state index contributed by atoms with van der Waals surface area (Å²) in [5.41, 5.74) is 2.18. The molecule has 1 aliphatic heterocycles. The molecule has 3 rings (SSSR count). The lowest BCUT2D eigenvalue weighted by atomic mass is 10.0. The van der Waals surface area contributed by atoms with Crippen molar-refractivity contribution in [2.24, 2.45) is 10.9 Å². The molecule has 0 aromatic heterocycles. The average Bonchev–Trinajstić information content (AvgIpc) is 3.24. The Morgan fingerprint density at radius 3 is 2.71 bits per heavy atom. The Hall–Kier alpha value is -1.97. The van der Waals surface area contributed by atoms with Crippen LogP contribution in [-0.4, -0.2) is 29.6 Å². The Balaban J connectivity index is 1.71. The summed E-state index contributed by atoms with van der Waals surface area (Å²) in [6.07, 6.45) is 7.97. The van der Waals surface area contributed by atoms with Crippen molar-refractivity contribution in [3.8, 4) is 0 Å². The monoisotopic (exact) mass is 328 g/mol. The lowest BCUT2D eigenvalue weighted by Crippen LogP contribution is -2.34. The Bertz CT molecular complexity index is 659. The van der Waals surface area contributed by atoms with Gasteiger partial charge in [0.1, 0.15) is 5.82 Å². The molecule has 0 unspecified atom stereocenters. The third-order valence-corrected chi connectivity index (χ3v) is 5.04. The molecule has 3 nitrogen and oxygen atoms in total. The highest BCUT2D eigenvalue weighted by Gasteiger charge is 2.23. The molecule has 1 saturated carbocycles. The summed E-state index contributed by atoms with van der Waals surface area (Å²) in [5.74, 6) is 0.456. The van der Waals surface area contributed by atoms with Crippen molar-refractivity contribution in [2.75, 3.05) is 13.1 Å². The van der Waals surface area contributed by atoms with E-state index >= 15 is 0 Å². The maximum Gasteiger partial charge on any atom is 0.252 e. The molecule has 24 heavy (non-hydrogen) atoms. The van der Waals surface area contributed by atoms with Crippen LogP contribution >= 0.6 is 0 Å². The Morgan fingerprint density at radius 2 is 2.04 bits per heavy atom. The second kappa shape index (κ2) is 7.73. The maximum absolute atomic E-state index is 14.0. The summed E-state index contributed by atoms with van der Waals surface area (Å²) in [5, 5.41) is 0. The molecule has 0 bridgehead atoms. The van der Waals surface area contributed by atoms with Gasteiger partial charge in [-0.3, -0.25) is 9.79 Å².